The van der Waals surface area contributed by atoms with E-state index in [9.17, 15) is 4.79 Å². The maximum absolute atomic E-state index is 10.8. The van der Waals surface area contributed by atoms with Crippen LogP contribution in [0.3, 0.4) is 0 Å². The fourth-order valence-electron chi connectivity index (χ4n) is 2.06. The molecule has 1 heterocycles. The molecule has 1 atom stereocenters. The zero-order valence-electron chi connectivity index (χ0n) is 12.1. The summed E-state index contributed by atoms with van der Waals surface area (Å²) in [5, 5.41) is 9.65. The molecule has 0 aliphatic carbocycles. The van der Waals surface area contributed by atoms with Crippen LogP contribution < -0.4 is 0 Å². The first-order chi connectivity index (χ1) is 9.51. The molecule has 1 N–H and O–H groups in total. The number of carbonyl (C=O) groups is 1. The summed E-state index contributed by atoms with van der Waals surface area (Å²) >= 11 is 1.29. The fourth-order valence-corrected chi connectivity index (χ4v) is 2.81. The number of thioether (sulfide) groups is 1. The van der Waals surface area contributed by atoms with E-state index >= 15 is 0 Å². The Bertz CT molecular complexity index is 622. The Hall–Kier alpha value is -1.49. The number of fused-ring (bicyclic) bond motifs is 1. The summed E-state index contributed by atoms with van der Waals surface area (Å²) in [5.41, 5.74) is 3.22. The van der Waals surface area contributed by atoms with Crippen LogP contribution in [0.1, 0.15) is 25.8 Å². The van der Waals surface area contributed by atoms with E-state index in [2.05, 4.69) is 36.4 Å². The van der Waals surface area contributed by atoms with Gasteiger partial charge >= 0.3 is 5.97 Å². The lowest BCUT2D eigenvalue weighted by atomic mass is 10.1. The van der Waals surface area contributed by atoms with Crippen molar-refractivity contribution in [1.82, 2.24) is 9.55 Å². The number of imidazole rings is 1. The van der Waals surface area contributed by atoms with Gasteiger partial charge in [0, 0.05) is 6.54 Å². The van der Waals surface area contributed by atoms with Gasteiger partial charge in [-0.2, -0.15) is 0 Å². The molecule has 0 aliphatic heterocycles. The zero-order valence-corrected chi connectivity index (χ0v) is 12.9. The molecule has 2 rings (SSSR count). The Morgan fingerprint density at radius 2 is 2.25 bits per heavy atom. The van der Waals surface area contributed by atoms with Crippen LogP contribution in [0.15, 0.2) is 23.4 Å². The van der Waals surface area contributed by atoms with E-state index in [0.29, 0.717) is 5.92 Å². The number of rotatable bonds is 6. The number of hydrogen-bond donors (Lipinski definition) is 1. The molecule has 20 heavy (non-hydrogen) atoms. The second-order valence-electron chi connectivity index (χ2n) is 5.19. The average molecular weight is 292 g/mol. The van der Waals surface area contributed by atoms with Crippen molar-refractivity contribution in [1.29, 1.82) is 0 Å². The van der Waals surface area contributed by atoms with Gasteiger partial charge in [-0.3, -0.25) is 4.79 Å². The van der Waals surface area contributed by atoms with Gasteiger partial charge in [0.05, 0.1) is 16.8 Å². The van der Waals surface area contributed by atoms with Gasteiger partial charge in [0.2, 0.25) is 0 Å². The molecule has 4 nitrogen and oxygen atoms in total. The predicted molar refractivity (Wildman–Crippen MR) is 82.3 cm³/mol. The summed E-state index contributed by atoms with van der Waals surface area (Å²) in [6.07, 6.45) is 1.09. The number of carboxylic acid groups (broad SMARTS) is 1. The lowest BCUT2D eigenvalue weighted by molar-refractivity contribution is -0.133. The molecule has 2 aromatic rings. The van der Waals surface area contributed by atoms with Gasteiger partial charge in [-0.05, 0) is 30.5 Å². The number of nitrogens with zero attached hydrogens (tertiary/aromatic N) is 2. The Labute approximate surface area is 123 Å². The summed E-state index contributed by atoms with van der Waals surface area (Å²) in [6.45, 7) is 7.30. The van der Waals surface area contributed by atoms with Gasteiger partial charge in [0.25, 0.3) is 0 Å². The van der Waals surface area contributed by atoms with Gasteiger partial charge in [-0.25, -0.2) is 4.98 Å². The molecule has 1 aromatic heterocycles. The van der Waals surface area contributed by atoms with E-state index in [0.717, 1.165) is 29.2 Å². The minimum atomic E-state index is -0.812. The largest absolute Gasteiger partial charge is 0.481 e. The highest BCUT2D eigenvalue weighted by Gasteiger charge is 2.14. The first-order valence-corrected chi connectivity index (χ1v) is 7.81. The van der Waals surface area contributed by atoms with E-state index in [-0.39, 0.29) is 5.75 Å². The minimum Gasteiger partial charge on any atom is -0.481 e. The van der Waals surface area contributed by atoms with Crippen molar-refractivity contribution in [3.05, 3.63) is 23.8 Å². The van der Waals surface area contributed by atoms with E-state index in [4.69, 9.17) is 5.11 Å². The van der Waals surface area contributed by atoms with Crippen LogP contribution in [0.4, 0.5) is 0 Å². The molecule has 1 aromatic carbocycles. The summed E-state index contributed by atoms with van der Waals surface area (Å²) < 4.78 is 2.16. The van der Waals surface area contributed by atoms with Crippen LogP contribution in [-0.2, 0) is 11.3 Å². The molecule has 0 radical (unpaired) electrons. The molecular weight excluding hydrogens is 272 g/mol. The molecule has 0 amide bonds. The second kappa shape index (κ2) is 6.31. The van der Waals surface area contributed by atoms with Gasteiger partial charge in [0.1, 0.15) is 0 Å². The lowest BCUT2D eigenvalue weighted by Crippen LogP contribution is -2.09. The fraction of sp³-hybridized carbons (Fsp3) is 0.467. The van der Waals surface area contributed by atoms with Crippen molar-refractivity contribution >= 4 is 28.8 Å². The number of aliphatic carboxylic acids is 1. The molecule has 0 aliphatic rings. The van der Waals surface area contributed by atoms with Gasteiger partial charge in [0.15, 0.2) is 5.16 Å². The van der Waals surface area contributed by atoms with Crippen LogP contribution in [0.25, 0.3) is 11.0 Å². The van der Waals surface area contributed by atoms with Gasteiger partial charge < -0.3 is 9.67 Å². The summed E-state index contributed by atoms with van der Waals surface area (Å²) in [6, 6.07) is 6.16. The van der Waals surface area contributed by atoms with Crippen LogP contribution >= 0.6 is 11.8 Å². The van der Waals surface area contributed by atoms with Gasteiger partial charge in [-0.15, -0.1) is 0 Å². The maximum atomic E-state index is 10.8. The SMILES string of the molecule is CCC(C)Cn1c(SCC(=O)O)nc2ccc(C)cc21. The standard InChI is InChI=1S/C15H20N2O2S/c1-4-10(2)8-17-13-7-11(3)5-6-12(13)16-15(17)20-9-14(18)19/h5-7,10H,4,8-9H2,1-3H3,(H,18,19). The Kier molecular flexibility index (Phi) is 4.70. The molecule has 0 spiro atoms. The van der Waals surface area contributed by atoms with Crippen molar-refractivity contribution in [3.63, 3.8) is 0 Å². The van der Waals surface area contributed by atoms with E-state index in [1.165, 1.54) is 17.3 Å². The van der Waals surface area contributed by atoms with E-state index in [1.807, 2.05) is 12.1 Å². The lowest BCUT2D eigenvalue weighted by Gasteiger charge is -2.13. The normalized spacial score (nSPS) is 12.8. The zero-order chi connectivity index (χ0) is 14.7. The van der Waals surface area contributed by atoms with E-state index in [1.54, 1.807) is 0 Å². The first-order valence-electron chi connectivity index (χ1n) is 6.82. The Morgan fingerprint density at radius 1 is 1.50 bits per heavy atom. The van der Waals surface area contributed by atoms with Crippen molar-refractivity contribution in [2.45, 2.75) is 38.9 Å². The van der Waals surface area contributed by atoms with Gasteiger partial charge in [-0.1, -0.05) is 38.1 Å². The third-order valence-electron chi connectivity index (χ3n) is 3.38. The number of aryl methyl sites for hydroxylation is 1. The number of hydrogen-bond acceptors (Lipinski definition) is 3. The van der Waals surface area contributed by atoms with Crippen LogP contribution in [-0.4, -0.2) is 26.4 Å². The molecule has 1 unspecified atom stereocenters. The maximum Gasteiger partial charge on any atom is 0.313 e. The average Bonchev–Trinajstić information content (AvgIpc) is 2.74. The number of aromatic nitrogens is 2. The molecule has 0 fully saturated rings. The quantitative estimate of drug-likeness (QED) is 0.827. The van der Waals surface area contributed by atoms with Crippen LogP contribution in [0, 0.1) is 12.8 Å². The summed E-state index contributed by atoms with van der Waals surface area (Å²) in [4.78, 5) is 15.3. The van der Waals surface area contributed by atoms with E-state index < -0.39 is 5.97 Å². The predicted octanol–water partition coefficient (Wildman–Crippen LogP) is 3.57. The summed E-state index contributed by atoms with van der Waals surface area (Å²) in [5.74, 6) is -0.228. The molecule has 0 saturated carbocycles. The van der Waals surface area contributed by atoms with Crippen LogP contribution in [0.5, 0.6) is 0 Å². The first kappa shape index (κ1) is 14.9. The highest BCUT2D eigenvalue weighted by molar-refractivity contribution is 7.99. The van der Waals surface area contributed by atoms with Crippen molar-refractivity contribution in [2.24, 2.45) is 5.92 Å². The van der Waals surface area contributed by atoms with Crippen molar-refractivity contribution < 1.29 is 9.90 Å². The Morgan fingerprint density at radius 3 is 2.90 bits per heavy atom. The van der Waals surface area contributed by atoms with Crippen molar-refractivity contribution in [3.8, 4) is 0 Å². The molecule has 108 valence electrons. The van der Waals surface area contributed by atoms with Crippen molar-refractivity contribution in [2.75, 3.05) is 5.75 Å². The Balaban J connectivity index is 2.42. The minimum absolute atomic E-state index is 0.0445. The molecule has 0 saturated heterocycles. The molecular formula is C15H20N2O2S. The highest BCUT2D eigenvalue weighted by Crippen LogP contribution is 2.26. The molecule has 0 bridgehead atoms. The topological polar surface area (TPSA) is 55.1 Å². The number of carboxylic acids is 1. The monoisotopic (exact) mass is 292 g/mol. The second-order valence-corrected chi connectivity index (χ2v) is 6.14. The van der Waals surface area contributed by atoms with Crippen LogP contribution in [0.2, 0.25) is 0 Å². The third kappa shape index (κ3) is 3.33. The molecule has 5 heteroatoms. The highest BCUT2D eigenvalue weighted by atomic mass is 32.2. The number of benzene rings is 1. The smallest absolute Gasteiger partial charge is 0.313 e. The third-order valence-corrected chi connectivity index (χ3v) is 4.35. The summed E-state index contributed by atoms with van der Waals surface area (Å²) in [7, 11) is 0.